The van der Waals surface area contributed by atoms with Crippen molar-refractivity contribution in [3.8, 4) is 5.75 Å². The van der Waals surface area contributed by atoms with Crippen LogP contribution < -0.4 is 10.1 Å². The van der Waals surface area contributed by atoms with E-state index in [-0.39, 0.29) is 12.0 Å². The van der Waals surface area contributed by atoms with Gasteiger partial charge in [-0.1, -0.05) is 15.9 Å². The van der Waals surface area contributed by atoms with E-state index in [1.807, 2.05) is 36.9 Å². The van der Waals surface area contributed by atoms with Gasteiger partial charge >= 0.3 is 0 Å². The third kappa shape index (κ3) is 4.73. The van der Waals surface area contributed by atoms with Gasteiger partial charge in [-0.15, -0.1) is 0 Å². The molecule has 24 heavy (non-hydrogen) atoms. The molecule has 1 amide bonds. The lowest BCUT2D eigenvalue weighted by molar-refractivity contribution is 0.0699. The summed E-state index contributed by atoms with van der Waals surface area (Å²) < 4.78 is 6.77. The first-order valence-corrected chi connectivity index (χ1v) is 9.81. The number of nitrogens with one attached hydrogen (secondary N) is 1. The number of halogens is 1. The second-order valence-electron chi connectivity index (χ2n) is 7.23. The Morgan fingerprint density at radius 1 is 1.29 bits per heavy atom. The van der Waals surface area contributed by atoms with Crippen LogP contribution in [0.2, 0.25) is 0 Å². The Bertz CT molecular complexity index is 579. The maximum absolute atomic E-state index is 12.9. The van der Waals surface area contributed by atoms with Crippen molar-refractivity contribution >= 4 is 21.8 Å². The minimum atomic E-state index is 0.0446. The predicted molar refractivity (Wildman–Crippen MR) is 99.6 cm³/mol. The van der Waals surface area contributed by atoms with E-state index >= 15 is 0 Å². The fraction of sp³-hybridized carbons (Fsp3) is 0.632. The maximum Gasteiger partial charge on any atom is 0.257 e. The quantitative estimate of drug-likeness (QED) is 0.796. The summed E-state index contributed by atoms with van der Waals surface area (Å²) in [4.78, 5) is 14.9. The molecule has 1 heterocycles. The average Bonchev–Trinajstić information content (AvgIpc) is 3.37. The molecule has 0 unspecified atom stereocenters. The molecule has 4 nitrogen and oxygen atoms in total. The van der Waals surface area contributed by atoms with Crippen LogP contribution in [0, 0.1) is 5.92 Å². The molecular weight excluding hydrogens is 368 g/mol. The van der Waals surface area contributed by atoms with Gasteiger partial charge in [-0.25, -0.2) is 0 Å². The zero-order chi connectivity index (χ0) is 17.1. The third-order valence-corrected chi connectivity index (χ3v) is 5.20. The number of hydrogen-bond acceptors (Lipinski definition) is 3. The van der Waals surface area contributed by atoms with E-state index in [1.54, 1.807) is 0 Å². The molecule has 2 fully saturated rings. The van der Waals surface area contributed by atoms with E-state index in [0.717, 1.165) is 42.9 Å². The first kappa shape index (κ1) is 17.7. The zero-order valence-corrected chi connectivity index (χ0v) is 16.1. The highest BCUT2D eigenvalue weighted by Crippen LogP contribution is 2.29. The Morgan fingerprint density at radius 2 is 2.00 bits per heavy atom. The van der Waals surface area contributed by atoms with Crippen molar-refractivity contribution in [1.82, 2.24) is 10.2 Å². The van der Waals surface area contributed by atoms with E-state index in [4.69, 9.17) is 4.74 Å². The van der Waals surface area contributed by atoms with Crippen molar-refractivity contribution in [1.29, 1.82) is 0 Å². The number of carbonyl (C=O) groups is 1. The molecule has 3 rings (SSSR count). The zero-order valence-electron chi connectivity index (χ0n) is 14.6. The summed E-state index contributed by atoms with van der Waals surface area (Å²) in [5.41, 5.74) is 0.663. The largest absolute Gasteiger partial charge is 0.490 e. The van der Waals surface area contributed by atoms with Gasteiger partial charge in [-0.3, -0.25) is 4.79 Å². The summed E-state index contributed by atoms with van der Waals surface area (Å²) in [6.07, 6.45) is 4.88. The van der Waals surface area contributed by atoms with Gasteiger partial charge in [-0.2, -0.15) is 0 Å². The third-order valence-electron chi connectivity index (χ3n) is 4.71. The molecule has 0 spiro atoms. The molecule has 1 aromatic rings. The summed E-state index contributed by atoms with van der Waals surface area (Å²) in [7, 11) is 0. The molecule has 5 heteroatoms. The number of benzene rings is 1. The Kier molecular flexibility index (Phi) is 5.82. The van der Waals surface area contributed by atoms with Crippen LogP contribution in [0.1, 0.15) is 49.9 Å². The van der Waals surface area contributed by atoms with Crippen molar-refractivity contribution in [3.63, 3.8) is 0 Å². The van der Waals surface area contributed by atoms with Crippen LogP contribution in [0.15, 0.2) is 22.7 Å². The molecule has 1 aliphatic heterocycles. The SMILES string of the molecule is CC(C)Oc1cc(Br)ccc1C(=O)N1CCC(NCC2CC2)CC1. The Hall–Kier alpha value is -1.07. The van der Waals surface area contributed by atoms with Gasteiger partial charge in [0, 0.05) is 23.6 Å². The Morgan fingerprint density at radius 3 is 2.62 bits per heavy atom. The van der Waals surface area contributed by atoms with Gasteiger partial charge in [0.15, 0.2) is 0 Å². The van der Waals surface area contributed by atoms with Gasteiger partial charge in [0.1, 0.15) is 5.75 Å². The molecule has 1 saturated heterocycles. The maximum atomic E-state index is 12.9. The molecule has 132 valence electrons. The molecular formula is C19H27BrN2O2. The molecule has 1 N–H and O–H groups in total. The lowest BCUT2D eigenvalue weighted by Gasteiger charge is -2.33. The molecule has 1 saturated carbocycles. The van der Waals surface area contributed by atoms with Gasteiger partial charge in [-0.05, 0) is 70.2 Å². The minimum Gasteiger partial charge on any atom is -0.490 e. The molecule has 1 aliphatic carbocycles. The Labute approximate surface area is 153 Å². The van der Waals surface area contributed by atoms with Gasteiger partial charge in [0.2, 0.25) is 0 Å². The van der Waals surface area contributed by atoms with Crippen LogP contribution in [0.3, 0.4) is 0 Å². The van der Waals surface area contributed by atoms with E-state index in [2.05, 4.69) is 21.2 Å². The molecule has 0 radical (unpaired) electrons. The van der Waals surface area contributed by atoms with Crippen molar-refractivity contribution in [2.75, 3.05) is 19.6 Å². The molecule has 0 atom stereocenters. The fourth-order valence-corrected chi connectivity index (χ4v) is 3.48. The summed E-state index contributed by atoms with van der Waals surface area (Å²) in [5.74, 6) is 1.65. The predicted octanol–water partition coefficient (Wildman–Crippen LogP) is 3.84. The number of carbonyl (C=O) groups excluding carboxylic acids is 1. The average molecular weight is 395 g/mol. The van der Waals surface area contributed by atoms with E-state index in [1.165, 1.54) is 12.8 Å². The van der Waals surface area contributed by atoms with E-state index in [9.17, 15) is 4.79 Å². The lowest BCUT2D eigenvalue weighted by atomic mass is 10.0. The summed E-state index contributed by atoms with van der Waals surface area (Å²) in [5, 5.41) is 3.66. The van der Waals surface area contributed by atoms with Gasteiger partial charge < -0.3 is 15.0 Å². The number of nitrogens with zero attached hydrogens (tertiary/aromatic N) is 1. The molecule has 0 bridgehead atoms. The van der Waals surface area contributed by atoms with Crippen LogP contribution >= 0.6 is 15.9 Å². The number of rotatable bonds is 6. The second-order valence-corrected chi connectivity index (χ2v) is 8.14. The van der Waals surface area contributed by atoms with Crippen molar-refractivity contribution in [2.45, 2.75) is 51.7 Å². The van der Waals surface area contributed by atoms with E-state index in [0.29, 0.717) is 17.4 Å². The number of hydrogen-bond donors (Lipinski definition) is 1. The first-order chi connectivity index (χ1) is 11.5. The fourth-order valence-electron chi connectivity index (χ4n) is 3.14. The number of ether oxygens (including phenoxy) is 1. The number of amides is 1. The topological polar surface area (TPSA) is 41.6 Å². The van der Waals surface area contributed by atoms with Crippen LogP contribution in [0.5, 0.6) is 5.75 Å². The highest BCUT2D eigenvalue weighted by atomic mass is 79.9. The highest BCUT2D eigenvalue weighted by Gasteiger charge is 2.27. The highest BCUT2D eigenvalue weighted by molar-refractivity contribution is 9.10. The lowest BCUT2D eigenvalue weighted by Crippen LogP contribution is -2.45. The van der Waals surface area contributed by atoms with Crippen LogP contribution in [0.4, 0.5) is 0 Å². The normalized spacial score (nSPS) is 18.9. The summed E-state index contributed by atoms with van der Waals surface area (Å²) >= 11 is 3.46. The van der Waals surface area contributed by atoms with Crippen molar-refractivity contribution in [3.05, 3.63) is 28.2 Å². The van der Waals surface area contributed by atoms with E-state index < -0.39 is 0 Å². The molecule has 0 aromatic heterocycles. The Balaban J connectivity index is 1.60. The monoisotopic (exact) mass is 394 g/mol. The molecule has 1 aromatic carbocycles. The summed E-state index contributed by atoms with van der Waals surface area (Å²) in [6.45, 7) is 6.74. The number of piperidine rings is 1. The minimum absolute atomic E-state index is 0.0446. The number of likely N-dealkylation sites (tertiary alicyclic amines) is 1. The smallest absolute Gasteiger partial charge is 0.257 e. The first-order valence-electron chi connectivity index (χ1n) is 9.02. The summed E-state index contributed by atoms with van der Waals surface area (Å²) in [6, 6.07) is 6.22. The van der Waals surface area contributed by atoms with Crippen LogP contribution in [-0.4, -0.2) is 42.6 Å². The van der Waals surface area contributed by atoms with Gasteiger partial charge in [0.25, 0.3) is 5.91 Å². The van der Waals surface area contributed by atoms with Crippen molar-refractivity contribution < 1.29 is 9.53 Å². The second kappa shape index (κ2) is 7.87. The standard InChI is InChI=1S/C19H27BrN2O2/c1-13(2)24-18-11-15(20)5-6-17(18)19(23)22-9-7-16(8-10-22)21-12-14-3-4-14/h5-6,11,13-14,16,21H,3-4,7-10,12H2,1-2H3. The van der Waals surface area contributed by atoms with Gasteiger partial charge in [0.05, 0.1) is 11.7 Å². The van der Waals surface area contributed by atoms with Crippen molar-refractivity contribution in [2.24, 2.45) is 5.92 Å². The molecule has 2 aliphatic rings. The van der Waals surface area contributed by atoms with Crippen LogP contribution in [-0.2, 0) is 0 Å². The van der Waals surface area contributed by atoms with Crippen LogP contribution in [0.25, 0.3) is 0 Å².